The van der Waals surface area contributed by atoms with Crippen molar-refractivity contribution in [1.82, 2.24) is 4.98 Å². The summed E-state index contributed by atoms with van der Waals surface area (Å²) >= 11 is 7.17. The summed E-state index contributed by atoms with van der Waals surface area (Å²) in [7, 11) is 0. The Balaban J connectivity index is 1.61. The number of aromatic amines is 1. The molecule has 1 heterocycles. The van der Waals surface area contributed by atoms with Crippen LogP contribution in [0, 0.1) is 0 Å². The third-order valence-electron chi connectivity index (χ3n) is 5.42. The number of hydrogen-bond donors (Lipinski definition) is 2. The number of anilines is 1. The van der Waals surface area contributed by atoms with Crippen LogP contribution >= 0.6 is 31.9 Å². The van der Waals surface area contributed by atoms with Crippen molar-refractivity contribution in [3.05, 3.63) is 111 Å². The molecule has 0 aliphatic heterocycles. The quantitative estimate of drug-likeness (QED) is 0.245. The molecular weight excluding hydrogens is 516 g/mol. The van der Waals surface area contributed by atoms with E-state index in [1.54, 1.807) is 0 Å². The molecule has 3 nitrogen and oxygen atoms in total. The minimum Gasteiger partial charge on any atom is -0.353 e. The predicted molar refractivity (Wildman–Crippen MR) is 135 cm³/mol. The summed E-state index contributed by atoms with van der Waals surface area (Å²) in [4.78, 5) is 17.1. The Morgan fingerprint density at radius 2 is 1.35 bits per heavy atom. The smallest absolute Gasteiger partial charge is 0.236 e. The zero-order valence-corrected chi connectivity index (χ0v) is 19.6. The van der Waals surface area contributed by atoms with Crippen LogP contribution in [0.5, 0.6) is 0 Å². The number of H-pyrrole nitrogens is 1. The van der Waals surface area contributed by atoms with Crippen molar-refractivity contribution in [2.45, 2.75) is 5.92 Å². The number of benzene rings is 4. The normalized spacial score (nSPS) is 11.3. The molecular formula is C26H18Br2N2O. The summed E-state index contributed by atoms with van der Waals surface area (Å²) in [5.74, 6) is -0.480. The molecule has 2 N–H and O–H groups in total. The van der Waals surface area contributed by atoms with Crippen molar-refractivity contribution < 1.29 is 4.79 Å². The van der Waals surface area contributed by atoms with Crippen LogP contribution in [0.4, 0.5) is 5.69 Å². The fourth-order valence-electron chi connectivity index (χ4n) is 4.03. The number of carbonyl (C=O) groups is 1. The van der Waals surface area contributed by atoms with Gasteiger partial charge >= 0.3 is 0 Å². The van der Waals surface area contributed by atoms with E-state index >= 15 is 0 Å². The van der Waals surface area contributed by atoms with E-state index in [1.165, 1.54) is 0 Å². The summed E-state index contributed by atoms with van der Waals surface area (Å²) in [5.41, 5.74) is 4.59. The molecule has 5 rings (SSSR count). The number of hydrogen-bond acceptors (Lipinski definition) is 1. The molecule has 1 amide bonds. The molecule has 0 unspecified atom stereocenters. The van der Waals surface area contributed by atoms with Crippen LogP contribution in [0.15, 0.2) is 99.9 Å². The first-order chi connectivity index (χ1) is 15.1. The summed E-state index contributed by atoms with van der Waals surface area (Å²) in [6.07, 6.45) is 0. The van der Waals surface area contributed by atoms with Crippen molar-refractivity contribution in [2.24, 2.45) is 0 Å². The van der Waals surface area contributed by atoms with Gasteiger partial charge in [-0.2, -0.15) is 0 Å². The highest BCUT2D eigenvalue weighted by atomic mass is 79.9. The summed E-state index contributed by atoms with van der Waals surface area (Å²) in [5, 5.41) is 5.34. The van der Waals surface area contributed by atoms with E-state index in [4.69, 9.17) is 0 Å². The van der Waals surface area contributed by atoms with Crippen molar-refractivity contribution in [3.63, 3.8) is 0 Å². The van der Waals surface area contributed by atoms with E-state index in [9.17, 15) is 4.79 Å². The van der Waals surface area contributed by atoms with Gasteiger partial charge in [0, 0.05) is 25.2 Å². The van der Waals surface area contributed by atoms with E-state index in [2.05, 4.69) is 54.3 Å². The molecule has 0 atom stereocenters. The van der Waals surface area contributed by atoms with E-state index in [0.717, 1.165) is 47.6 Å². The Bertz CT molecular complexity index is 1360. The summed E-state index contributed by atoms with van der Waals surface area (Å²) in [6, 6.07) is 29.9. The molecule has 0 bridgehead atoms. The van der Waals surface area contributed by atoms with Gasteiger partial charge in [0.2, 0.25) is 5.91 Å². The zero-order valence-electron chi connectivity index (χ0n) is 16.4. The largest absolute Gasteiger partial charge is 0.353 e. The highest BCUT2D eigenvalue weighted by Gasteiger charge is 2.24. The number of halogens is 2. The third-order valence-corrected chi connectivity index (χ3v) is 6.37. The number of carbonyl (C=O) groups excluding carboxylic acids is 1. The van der Waals surface area contributed by atoms with Crippen LogP contribution in [0.25, 0.3) is 21.8 Å². The van der Waals surface area contributed by atoms with Crippen molar-refractivity contribution in [3.8, 4) is 0 Å². The van der Waals surface area contributed by atoms with E-state index in [1.807, 2.05) is 78.9 Å². The first-order valence-electron chi connectivity index (χ1n) is 9.91. The van der Waals surface area contributed by atoms with Gasteiger partial charge < -0.3 is 10.3 Å². The molecule has 0 radical (unpaired) electrons. The van der Waals surface area contributed by atoms with Crippen LogP contribution in [-0.2, 0) is 4.79 Å². The second kappa shape index (κ2) is 8.33. The third kappa shape index (κ3) is 3.91. The molecule has 5 aromatic rings. The lowest BCUT2D eigenvalue weighted by Gasteiger charge is -2.18. The fraction of sp³-hybridized carbons (Fsp3) is 0.0385. The number of aromatic nitrogens is 1. The molecule has 1 aromatic heterocycles. The van der Waals surface area contributed by atoms with Gasteiger partial charge in [-0.05, 0) is 41.5 Å². The number of fused-ring (bicyclic) bond motifs is 3. The Morgan fingerprint density at radius 1 is 0.742 bits per heavy atom. The average molecular weight is 534 g/mol. The molecule has 0 aliphatic carbocycles. The van der Waals surface area contributed by atoms with Crippen molar-refractivity contribution in [2.75, 3.05) is 5.32 Å². The van der Waals surface area contributed by atoms with Gasteiger partial charge in [-0.25, -0.2) is 0 Å². The highest BCUT2D eigenvalue weighted by Crippen LogP contribution is 2.36. The second-order valence-electron chi connectivity index (χ2n) is 7.43. The topological polar surface area (TPSA) is 44.9 Å². The molecule has 0 fully saturated rings. The summed E-state index contributed by atoms with van der Waals surface area (Å²) < 4.78 is 1.92. The monoisotopic (exact) mass is 532 g/mol. The predicted octanol–water partition coefficient (Wildman–Crippen LogP) is 7.62. The first-order valence-corrected chi connectivity index (χ1v) is 11.5. The van der Waals surface area contributed by atoms with Crippen LogP contribution in [-0.4, -0.2) is 10.9 Å². The lowest BCUT2D eigenvalue weighted by Crippen LogP contribution is -2.22. The minimum atomic E-state index is -0.407. The van der Waals surface area contributed by atoms with E-state index < -0.39 is 5.92 Å². The standard InChI is InChI=1S/C26H18Br2N2O/c27-18-11-12-22-20(13-18)21-14-19(28)15-23(25(21)29-22)30-26(31)24(16-7-3-1-4-8-16)17-9-5-2-6-10-17/h1-15,24,29H,(H,30,31). The van der Waals surface area contributed by atoms with Gasteiger partial charge in [-0.1, -0.05) is 92.5 Å². The van der Waals surface area contributed by atoms with Crippen molar-refractivity contribution >= 4 is 65.3 Å². The molecule has 0 saturated heterocycles. The molecule has 0 aliphatic rings. The van der Waals surface area contributed by atoms with E-state index in [0.29, 0.717) is 0 Å². The van der Waals surface area contributed by atoms with Gasteiger partial charge in [0.15, 0.2) is 0 Å². The Labute approximate surface area is 196 Å². The fourth-order valence-corrected chi connectivity index (χ4v) is 4.85. The molecule has 0 spiro atoms. The van der Waals surface area contributed by atoms with Crippen LogP contribution in [0.2, 0.25) is 0 Å². The molecule has 31 heavy (non-hydrogen) atoms. The maximum atomic E-state index is 13.6. The highest BCUT2D eigenvalue weighted by molar-refractivity contribution is 9.10. The lowest BCUT2D eigenvalue weighted by molar-refractivity contribution is -0.116. The number of amides is 1. The Hall–Kier alpha value is -2.89. The number of rotatable bonds is 4. The Kier molecular flexibility index (Phi) is 5.38. The number of nitrogens with one attached hydrogen (secondary N) is 2. The second-order valence-corrected chi connectivity index (χ2v) is 9.27. The van der Waals surface area contributed by atoms with E-state index in [-0.39, 0.29) is 5.91 Å². The van der Waals surface area contributed by atoms with Gasteiger partial charge in [-0.3, -0.25) is 4.79 Å². The van der Waals surface area contributed by atoms with Crippen LogP contribution in [0.1, 0.15) is 17.0 Å². The van der Waals surface area contributed by atoms with Gasteiger partial charge in [-0.15, -0.1) is 0 Å². The molecule has 5 heteroatoms. The first kappa shape index (κ1) is 20.0. The van der Waals surface area contributed by atoms with Crippen LogP contribution < -0.4 is 5.32 Å². The van der Waals surface area contributed by atoms with Gasteiger partial charge in [0.05, 0.1) is 17.1 Å². The lowest BCUT2D eigenvalue weighted by atomic mass is 9.90. The average Bonchev–Trinajstić information content (AvgIpc) is 3.13. The van der Waals surface area contributed by atoms with Gasteiger partial charge in [0.25, 0.3) is 0 Å². The molecule has 4 aromatic carbocycles. The molecule has 152 valence electrons. The molecule has 0 saturated carbocycles. The SMILES string of the molecule is O=C(Nc1cc(Br)cc2c1[nH]c1ccc(Br)cc12)C(c1ccccc1)c1ccccc1. The summed E-state index contributed by atoms with van der Waals surface area (Å²) in [6.45, 7) is 0. The maximum Gasteiger partial charge on any atom is 0.236 e. The zero-order chi connectivity index (χ0) is 21.4. The van der Waals surface area contributed by atoms with Crippen molar-refractivity contribution in [1.29, 1.82) is 0 Å². The minimum absolute atomic E-state index is 0.0726. The van der Waals surface area contributed by atoms with Gasteiger partial charge in [0.1, 0.15) is 0 Å². The maximum absolute atomic E-state index is 13.6. The van der Waals surface area contributed by atoms with Crippen LogP contribution in [0.3, 0.4) is 0 Å². The Morgan fingerprint density at radius 3 is 2.00 bits per heavy atom.